The Hall–Kier alpha value is -2.82. The molecule has 0 unspecified atom stereocenters. The highest BCUT2D eigenvalue weighted by Gasteiger charge is 2.34. The van der Waals surface area contributed by atoms with Crippen LogP contribution in [0.15, 0.2) is 65.5 Å². The average Bonchev–Trinajstić information content (AvgIpc) is 2.76. The molecule has 0 amide bonds. The lowest BCUT2D eigenvalue weighted by atomic mass is 9.82. The maximum atomic E-state index is 13.2. The second-order valence-electron chi connectivity index (χ2n) is 8.64. The van der Waals surface area contributed by atoms with Gasteiger partial charge in [-0.25, -0.2) is 0 Å². The molecule has 0 saturated carbocycles. The van der Waals surface area contributed by atoms with Crippen LogP contribution >= 0.6 is 11.6 Å². The van der Waals surface area contributed by atoms with Crippen LogP contribution < -0.4 is 5.56 Å². The maximum Gasteiger partial charge on any atom is 0.258 e. The van der Waals surface area contributed by atoms with Gasteiger partial charge < -0.3 is 9.67 Å². The van der Waals surface area contributed by atoms with Crippen molar-refractivity contribution in [1.29, 1.82) is 0 Å². The minimum Gasteiger partial charge on any atom is -0.508 e. The Morgan fingerprint density at radius 3 is 2.58 bits per heavy atom. The van der Waals surface area contributed by atoms with Crippen molar-refractivity contribution < 1.29 is 5.11 Å². The number of pyridine rings is 1. The average molecular weight is 433 g/mol. The van der Waals surface area contributed by atoms with Gasteiger partial charge in [-0.05, 0) is 54.3 Å². The summed E-state index contributed by atoms with van der Waals surface area (Å²) in [6, 6.07) is 19.2. The lowest BCUT2D eigenvalue weighted by molar-refractivity contribution is 0.113. The topological polar surface area (TPSA) is 45.5 Å². The van der Waals surface area contributed by atoms with E-state index in [1.807, 2.05) is 65.3 Å². The molecular formula is C26H25ClN2O2. The molecule has 0 spiro atoms. The van der Waals surface area contributed by atoms with Crippen LogP contribution in [0.25, 0.3) is 12.2 Å². The summed E-state index contributed by atoms with van der Waals surface area (Å²) < 4.78 is 1.98. The van der Waals surface area contributed by atoms with Gasteiger partial charge in [0.25, 0.3) is 5.56 Å². The molecule has 158 valence electrons. The lowest BCUT2D eigenvalue weighted by Crippen LogP contribution is -2.47. The molecular weight excluding hydrogens is 408 g/mol. The van der Waals surface area contributed by atoms with Crippen molar-refractivity contribution in [3.63, 3.8) is 0 Å². The van der Waals surface area contributed by atoms with Gasteiger partial charge >= 0.3 is 0 Å². The molecule has 4 nitrogen and oxygen atoms in total. The van der Waals surface area contributed by atoms with Crippen molar-refractivity contribution in [3.05, 3.63) is 98.4 Å². The highest BCUT2D eigenvalue weighted by molar-refractivity contribution is 6.30. The van der Waals surface area contributed by atoms with Crippen LogP contribution in [0, 0.1) is 5.92 Å². The predicted octanol–water partition coefficient (Wildman–Crippen LogP) is 5.00. The number of halogens is 1. The molecule has 2 aliphatic rings. The standard InChI is InChI=1S/C26H25ClN2O2/c27-23-10-6-18(7-11-23)5-8-20-9-12-24-22-13-19(15-29(24)26(20)31)14-28(17-22)16-21-3-1-2-4-25(21)30/h1-12,19,22,30H,13-17H2/t19-,22-/m1/s1. The van der Waals surface area contributed by atoms with Gasteiger partial charge in [0.2, 0.25) is 0 Å². The Morgan fingerprint density at radius 1 is 0.968 bits per heavy atom. The number of phenols is 1. The van der Waals surface area contributed by atoms with Gasteiger partial charge in [-0.1, -0.05) is 48.0 Å². The molecule has 1 aromatic heterocycles. The number of aromatic hydroxyl groups is 1. The first-order valence-corrected chi connectivity index (χ1v) is 11.1. The summed E-state index contributed by atoms with van der Waals surface area (Å²) in [6.07, 6.45) is 4.97. The SMILES string of the molecule is O=c1c(C=Cc2ccc(Cl)cc2)ccc2n1C[C@@H]1C[C@@H]2CN(Cc2ccccc2O)C1. The smallest absolute Gasteiger partial charge is 0.258 e. The van der Waals surface area contributed by atoms with E-state index >= 15 is 0 Å². The summed E-state index contributed by atoms with van der Waals surface area (Å²) in [6.45, 7) is 3.35. The maximum absolute atomic E-state index is 13.2. The van der Waals surface area contributed by atoms with Crippen LogP contribution in [0.1, 0.15) is 34.7 Å². The van der Waals surface area contributed by atoms with E-state index in [1.165, 1.54) is 0 Å². The molecule has 2 bridgehead atoms. The van der Waals surface area contributed by atoms with Gasteiger partial charge in [-0.3, -0.25) is 9.69 Å². The number of rotatable bonds is 4. The zero-order chi connectivity index (χ0) is 21.4. The second-order valence-corrected chi connectivity index (χ2v) is 9.07. The van der Waals surface area contributed by atoms with E-state index in [2.05, 4.69) is 11.0 Å². The molecule has 5 rings (SSSR count). The molecule has 2 atom stereocenters. The Labute approximate surface area is 187 Å². The summed E-state index contributed by atoms with van der Waals surface area (Å²) in [7, 11) is 0. The van der Waals surface area contributed by atoms with Crippen LogP contribution in [0.5, 0.6) is 5.75 Å². The zero-order valence-corrected chi connectivity index (χ0v) is 18.0. The van der Waals surface area contributed by atoms with Gasteiger partial charge in [0.1, 0.15) is 5.75 Å². The zero-order valence-electron chi connectivity index (χ0n) is 17.2. The summed E-state index contributed by atoms with van der Waals surface area (Å²) in [5.41, 5.74) is 3.91. The second kappa shape index (κ2) is 8.37. The van der Waals surface area contributed by atoms with E-state index in [0.717, 1.165) is 49.4 Å². The summed E-state index contributed by atoms with van der Waals surface area (Å²) in [4.78, 5) is 15.6. The van der Waals surface area contributed by atoms with Crippen LogP contribution in [0.3, 0.4) is 0 Å². The van der Waals surface area contributed by atoms with Crippen LogP contribution in [0.4, 0.5) is 0 Å². The molecule has 1 fully saturated rings. The third-order valence-corrected chi connectivity index (χ3v) is 6.67. The number of likely N-dealkylation sites (tertiary alicyclic amines) is 1. The van der Waals surface area contributed by atoms with Crippen molar-refractivity contribution in [2.45, 2.75) is 25.4 Å². The number of nitrogens with zero attached hydrogens (tertiary/aromatic N) is 2. The number of aromatic nitrogens is 1. The molecule has 0 radical (unpaired) electrons. The number of hydrogen-bond acceptors (Lipinski definition) is 3. The third-order valence-electron chi connectivity index (χ3n) is 6.42. The number of phenolic OH excluding ortho intramolecular Hbond substituents is 1. The molecule has 2 aliphatic heterocycles. The minimum atomic E-state index is 0.0894. The van der Waals surface area contributed by atoms with E-state index in [0.29, 0.717) is 28.2 Å². The first kappa shape index (κ1) is 20.1. The van der Waals surface area contributed by atoms with Crippen LogP contribution in [-0.2, 0) is 13.1 Å². The number of fused-ring (bicyclic) bond motifs is 4. The number of piperidine rings is 1. The lowest BCUT2D eigenvalue weighted by Gasteiger charge is -2.43. The monoisotopic (exact) mass is 432 g/mol. The van der Waals surface area contributed by atoms with Crippen LogP contribution in [-0.4, -0.2) is 27.7 Å². The van der Waals surface area contributed by atoms with Gasteiger partial charge in [0, 0.05) is 53.9 Å². The highest BCUT2D eigenvalue weighted by Crippen LogP contribution is 2.36. The fourth-order valence-corrected chi connectivity index (χ4v) is 5.09. The number of para-hydroxylation sites is 1. The summed E-state index contributed by atoms with van der Waals surface area (Å²) >= 11 is 5.95. The first-order valence-electron chi connectivity index (χ1n) is 10.7. The van der Waals surface area contributed by atoms with E-state index < -0.39 is 0 Å². The summed E-state index contributed by atoms with van der Waals surface area (Å²) in [5, 5.41) is 10.8. The highest BCUT2D eigenvalue weighted by atomic mass is 35.5. The Balaban J connectivity index is 1.37. The van der Waals surface area contributed by atoms with Crippen molar-refractivity contribution in [1.82, 2.24) is 9.47 Å². The Kier molecular flexibility index (Phi) is 5.43. The molecule has 3 aromatic rings. The quantitative estimate of drug-likeness (QED) is 0.631. The van der Waals surface area contributed by atoms with Gasteiger partial charge in [-0.15, -0.1) is 0 Å². The fraction of sp³-hybridized carbons (Fsp3) is 0.269. The number of benzene rings is 2. The van der Waals surface area contributed by atoms with E-state index in [4.69, 9.17) is 11.6 Å². The van der Waals surface area contributed by atoms with Gasteiger partial charge in [0.15, 0.2) is 0 Å². The van der Waals surface area contributed by atoms with E-state index in [-0.39, 0.29) is 5.56 Å². The third kappa shape index (κ3) is 4.18. The largest absolute Gasteiger partial charge is 0.508 e. The normalized spacial score (nSPS) is 20.7. The molecule has 2 aromatic carbocycles. The van der Waals surface area contributed by atoms with Crippen molar-refractivity contribution in [2.75, 3.05) is 13.1 Å². The molecule has 31 heavy (non-hydrogen) atoms. The molecule has 3 heterocycles. The van der Waals surface area contributed by atoms with Crippen LogP contribution in [0.2, 0.25) is 5.02 Å². The molecule has 0 aliphatic carbocycles. The molecule has 1 saturated heterocycles. The van der Waals surface area contributed by atoms with Gasteiger partial charge in [-0.2, -0.15) is 0 Å². The van der Waals surface area contributed by atoms with Crippen molar-refractivity contribution >= 4 is 23.8 Å². The molecule has 5 heteroatoms. The fourth-order valence-electron chi connectivity index (χ4n) is 4.96. The van der Waals surface area contributed by atoms with Gasteiger partial charge in [0.05, 0.1) is 0 Å². The summed E-state index contributed by atoms with van der Waals surface area (Å²) in [5.74, 6) is 1.15. The minimum absolute atomic E-state index is 0.0894. The molecule has 1 N–H and O–H groups in total. The first-order chi connectivity index (χ1) is 15.1. The van der Waals surface area contributed by atoms with Crippen molar-refractivity contribution in [3.8, 4) is 5.75 Å². The van der Waals surface area contributed by atoms with E-state index in [9.17, 15) is 9.90 Å². The number of hydrogen-bond donors (Lipinski definition) is 1. The Bertz CT molecular complexity index is 1180. The predicted molar refractivity (Wildman–Crippen MR) is 125 cm³/mol. The van der Waals surface area contributed by atoms with E-state index in [1.54, 1.807) is 6.07 Å². The van der Waals surface area contributed by atoms with Crippen molar-refractivity contribution in [2.24, 2.45) is 5.92 Å². The Morgan fingerprint density at radius 2 is 1.77 bits per heavy atom.